The number of carbonyl (C=O) groups excluding carboxylic acids is 2. The van der Waals surface area contributed by atoms with Crippen molar-refractivity contribution in [1.82, 2.24) is 30.3 Å². The Hall–Kier alpha value is -4.39. The summed E-state index contributed by atoms with van der Waals surface area (Å²) in [7, 11) is 3.81. The molecule has 8 nitrogen and oxygen atoms in total. The SMILES string of the molecule is CCCc1c(C(F)(F)F)nn(CC(=O)N[C@@H](Cc2cc(F)cc(F)c2)c2ncccc2C2=CC(C(=O)NCCN(C)C)=CCC2)c1CC. The average molecular weight is 673 g/mol. The fraction of sp³-hybridized carbons (Fsp3) is 0.429. The first-order chi connectivity index (χ1) is 22.8. The molecule has 4 rings (SSSR count). The number of pyridine rings is 1. The van der Waals surface area contributed by atoms with E-state index >= 15 is 0 Å². The fourth-order valence-corrected chi connectivity index (χ4v) is 5.89. The molecule has 2 N–H and O–H groups in total. The van der Waals surface area contributed by atoms with Gasteiger partial charge in [0.15, 0.2) is 5.69 Å². The highest BCUT2D eigenvalue weighted by Crippen LogP contribution is 2.34. The number of alkyl halides is 3. The van der Waals surface area contributed by atoms with Crippen LogP contribution in [0.3, 0.4) is 0 Å². The zero-order valence-corrected chi connectivity index (χ0v) is 27.6. The molecule has 13 heteroatoms. The Labute approximate surface area is 277 Å². The van der Waals surface area contributed by atoms with Gasteiger partial charge in [-0.25, -0.2) is 8.78 Å². The molecule has 2 heterocycles. The van der Waals surface area contributed by atoms with Crippen molar-refractivity contribution in [1.29, 1.82) is 0 Å². The molecule has 1 atom stereocenters. The lowest BCUT2D eigenvalue weighted by Gasteiger charge is -2.24. The van der Waals surface area contributed by atoms with Gasteiger partial charge >= 0.3 is 6.18 Å². The molecule has 0 aliphatic heterocycles. The van der Waals surface area contributed by atoms with Crippen LogP contribution in [0.2, 0.25) is 0 Å². The van der Waals surface area contributed by atoms with E-state index in [-0.39, 0.29) is 36.3 Å². The molecular formula is C35H41F5N6O2. The number of nitrogens with one attached hydrogen (secondary N) is 2. The van der Waals surface area contributed by atoms with Crippen molar-refractivity contribution in [2.24, 2.45) is 0 Å². The molecule has 2 amide bonds. The maximum Gasteiger partial charge on any atom is 0.435 e. The predicted octanol–water partition coefficient (Wildman–Crippen LogP) is 5.97. The lowest BCUT2D eigenvalue weighted by Crippen LogP contribution is -2.34. The zero-order valence-electron chi connectivity index (χ0n) is 27.6. The number of hydrogen-bond acceptors (Lipinski definition) is 5. The van der Waals surface area contributed by atoms with Gasteiger partial charge in [-0.05, 0) is 81.6 Å². The quantitative estimate of drug-likeness (QED) is 0.206. The maximum absolute atomic E-state index is 14.2. The second kappa shape index (κ2) is 16.1. The summed E-state index contributed by atoms with van der Waals surface area (Å²) in [4.78, 5) is 33.0. The summed E-state index contributed by atoms with van der Waals surface area (Å²) in [5, 5.41) is 9.56. The number of nitrogens with zero attached hydrogens (tertiary/aromatic N) is 4. The molecule has 3 aromatic rings. The van der Waals surface area contributed by atoms with Crippen LogP contribution in [0, 0.1) is 11.6 Å². The lowest BCUT2D eigenvalue weighted by molar-refractivity contribution is -0.142. The Balaban J connectivity index is 1.69. The van der Waals surface area contributed by atoms with Crippen LogP contribution < -0.4 is 10.6 Å². The number of allylic oxidation sites excluding steroid dienone is 2. The summed E-state index contributed by atoms with van der Waals surface area (Å²) in [5.74, 6) is -2.48. The predicted molar refractivity (Wildman–Crippen MR) is 173 cm³/mol. The topological polar surface area (TPSA) is 92.1 Å². The maximum atomic E-state index is 14.2. The third-order valence-electron chi connectivity index (χ3n) is 7.99. The van der Waals surface area contributed by atoms with Crippen LogP contribution in [-0.4, -0.2) is 58.7 Å². The Morgan fingerprint density at radius 2 is 1.83 bits per heavy atom. The normalized spacial score (nSPS) is 14.0. The molecule has 1 aliphatic carbocycles. The standard InChI is InChI=1S/C35H41F5N6O2/c1-5-9-28-30(6-2)46(44-33(28)35(38,39)40)21-31(47)43-29(18-22-16-25(36)20-26(37)17-22)32-27(12-8-13-41-32)23-10-7-11-24(19-23)34(48)42-14-15-45(3)4/h8,11-13,16-17,19-20,29H,5-7,9-10,14-15,18,21H2,1-4H3,(H,42,48)(H,43,47)/t29-/m0/s1. The van der Waals surface area contributed by atoms with Crippen LogP contribution >= 0.6 is 0 Å². The van der Waals surface area contributed by atoms with E-state index in [1.165, 1.54) is 6.20 Å². The summed E-state index contributed by atoms with van der Waals surface area (Å²) in [6.07, 6.45) is 2.37. The number of carbonyl (C=O) groups is 2. The van der Waals surface area contributed by atoms with E-state index in [2.05, 4.69) is 20.7 Å². The molecule has 1 aliphatic rings. The largest absolute Gasteiger partial charge is 0.435 e. The second-order valence-corrected chi connectivity index (χ2v) is 12.0. The van der Waals surface area contributed by atoms with Gasteiger partial charge in [0.25, 0.3) is 5.91 Å². The van der Waals surface area contributed by atoms with Crippen molar-refractivity contribution in [3.63, 3.8) is 0 Å². The van der Waals surface area contributed by atoms with Gasteiger partial charge in [0.05, 0.1) is 11.7 Å². The summed E-state index contributed by atoms with van der Waals surface area (Å²) < 4.78 is 71.2. The van der Waals surface area contributed by atoms with Crippen molar-refractivity contribution >= 4 is 17.4 Å². The van der Waals surface area contributed by atoms with Crippen molar-refractivity contribution in [2.75, 3.05) is 27.2 Å². The Morgan fingerprint density at radius 1 is 1.10 bits per heavy atom. The molecule has 0 unspecified atom stereocenters. The molecule has 0 spiro atoms. The molecule has 258 valence electrons. The fourth-order valence-electron chi connectivity index (χ4n) is 5.89. The average Bonchev–Trinajstić information content (AvgIpc) is 3.37. The summed E-state index contributed by atoms with van der Waals surface area (Å²) >= 11 is 0. The molecular weight excluding hydrogens is 631 g/mol. The smallest absolute Gasteiger partial charge is 0.351 e. The van der Waals surface area contributed by atoms with Crippen molar-refractivity contribution in [3.8, 4) is 0 Å². The number of amides is 2. The molecule has 0 radical (unpaired) electrons. The van der Waals surface area contributed by atoms with Gasteiger partial charge in [0.1, 0.15) is 18.2 Å². The number of aromatic nitrogens is 3. The second-order valence-electron chi connectivity index (χ2n) is 12.0. The zero-order chi connectivity index (χ0) is 35.0. The number of likely N-dealkylation sites (N-methyl/N-ethyl adjacent to an activating group) is 1. The number of halogens is 5. The molecule has 48 heavy (non-hydrogen) atoms. The number of rotatable bonds is 14. The summed E-state index contributed by atoms with van der Waals surface area (Å²) in [6.45, 7) is 4.10. The van der Waals surface area contributed by atoms with E-state index < -0.39 is 42.0 Å². The van der Waals surface area contributed by atoms with Crippen LogP contribution in [0.5, 0.6) is 0 Å². The number of benzene rings is 1. The summed E-state index contributed by atoms with van der Waals surface area (Å²) in [6, 6.07) is 5.61. The van der Waals surface area contributed by atoms with E-state index in [1.807, 2.05) is 25.1 Å². The molecule has 0 bridgehead atoms. The highest BCUT2D eigenvalue weighted by atomic mass is 19.4. The monoisotopic (exact) mass is 672 g/mol. The van der Waals surface area contributed by atoms with Crippen molar-refractivity contribution in [2.45, 2.75) is 71.1 Å². The van der Waals surface area contributed by atoms with E-state index in [9.17, 15) is 31.5 Å². The Morgan fingerprint density at radius 3 is 2.48 bits per heavy atom. The highest BCUT2D eigenvalue weighted by molar-refractivity contribution is 5.99. The van der Waals surface area contributed by atoms with Crippen LogP contribution in [0.4, 0.5) is 22.0 Å². The van der Waals surface area contributed by atoms with Crippen molar-refractivity contribution in [3.05, 3.63) is 99.7 Å². The van der Waals surface area contributed by atoms with Crippen LogP contribution in [0.25, 0.3) is 5.57 Å². The van der Waals surface area contributed by atoms with Crippen LogP contribution in [0.15, 0.2) is 54.3 Å². The van der Waals surface area contributed by atoms with Gasteiger partial charge in [-0.2, -0.15) is 18.3 Å². The van der Waals surface area contributed by atoms with Gasteiger partial charge in [-0.15, -0.1) is 0 Å². The Kier molecular flexibility index (Phi) is 12.3. The molecule has 1 aromatic carbocycles. The van der Waals surface area contributed by atoms with Gasteiger partial charge in [-0.1, -0.05) is 32.4 Å². The Bertz CT molecular complexity index is 1660. The van der Waals surface area contributed by atoms with Crippen molar-refractivity contribution < 1.29 is 31.5 Å². The third-order valence-corrected chi connectivity index (χ3v) is 7.99. The van der Waals surface area contributed by atoms with E-state index in [0.717, 1.165) is 28.5 Å². The minimum Gasteiger partial charge on any atom is -0.351 e. The van der Waals surface area contributed by atoms with Crippen LogP contribution in [-0.2, 0) is 41.6 Å². The van der Waals surface area contributed by atoms with Gasteiger partial charge < -0.3 is 15.5 Å². The minimum atomic E-state index is -4.69. The first-order valence-electron chi connectivity index (χ1n) is 16.0. The van der Waals surface area contributed by atoms with Gasteiger partial charge in [0.2, 0.25) is 5.91 Å². The first-order valence-corrected chi connectivity index (χ1v) is 16.0. The molecule has 2 aromatic heterocycles. The molecule has 0 saturated carbocycles. The molecule has 0 saturated heterocycles. The van der Waals surface area contributed by atoms with E-state index in [1.54, 1.807) is 32.1 Å². The number of hydrogen-bond donors (Lipinski definition) is 2. The molecule has 0 fully saturated rings. The van der Waals surface area contributed by atoms with Crippen LogP contribution in [0.1, 0.15) is 72.9 Å². The van der Waals surface area contributed by atoms with E-state index in [0.29, 0.717) is 54.9 Å². The first kappa shape index (κ1) is 36.4. The lowest BCUT2D eigenvalue weighted by atomic mass is 9.89. The van der Waals surface area contributed by atoms with Gasteiger partial charge in [0, 0.05) is 47.7 Å². The summed E-state index contributed by atoms with van der Waals surface area (Å²) in [5.41, 5.74) is 1.89. The minimum absolute atomic E-state index is 0.0675. The highest BCUT2D eigenvalue weighted by Gasteiger charge is 2.38. The third kappa shape index (κ3) is 9.36. The van der Waals surface area contributed by atoms with E-state index in [4.69, 9.17) is 0 Å². The van der Waals surface area contributed by atoms with Gasteiger partial charge in [-0.3, -0.25) is 19.3 Å².